The molecule has 16 heavy (non-hydrogen) atoms. The van der Waals surface area contributed by atoms with Crippen molar-refractivity contribution >= 4 is 12.0 Å². The highest BCUT2D eigenvalue weighted by atomic mass is 16.5. The summed E-state index contributed by atoms with van der Waals surface area (Å²) in [5.74, 6) is -1.05. The first-order valence-corrected chi connectivity index (χ1v) is 5.22. The van der Waals surface area contributed by atoms with E-state index >= 15 is 0 Å². The predicted molar refractivity (Wildman–Crippen MR) is 59.3 cm³/mol. The third kappa shape index (κ3) is 4.48. The highest BCUT2D eigenvalue weighted by Crippen LogP contribution is 2.00. The molecular weight excluding hydrogens is 212 g/mol. The van der Waals surface area contributed by atoms with Crippen LogP contribution in [-0.4, -0.2) is 54.4 Å². The zero-order chi connectivity index (χ0) is 12.7. The number of aliphatic carboxylic acids is 1. The van der Waals surface area contributed by atoms with Crippen LogP contribution in [0.1, 0.15) is 20.8 Å². The third-order valence-electron chi connectivity index (χ3n) is 2.25. The summed E-state index contributed by atoms with van der Waals surface area (Å²) in [6.45, 7) is 6.02. The SMILES string of the molecule is CCN(C(=O)N[C@H](C)C(=O)O)C(C)COC. The Morgan fingerprint density at radius 3 is 2.38 bits per heavy atom. The van der Waals surface area contributed by atoms with Crippen molar-refractivity contribution in [1.29, 1.82) is 0 Å². The van der Waals surface area contributed by atoms with E-state index in [-0.39, 0.29) is 12.1 Å². The van der Waals surface area contributed by atoms with Crippen LogP contribution in [0.25, 0.3) is 0 Å². The maximum Gasteiger partial charge on any atom is 0.325 e. The molecule has 2 atom stereocenters. The first kappa shape index (κ1) is 14.7. The summed E-state index contributed by atoms with van der Waals surface area (Å²) in [5.41, 5.74) is 0. The minimum absolute atomic E-state index is 0.0870. The van der Waals surface area contributed by atoms with Crippen molar-refractivity contribution in [2.75, 3.05) is 20.3 Å². The van der Waals surface area contributed by atoms with Crippen molar-refractivity contribution in [1.82, 2.24) is 10.2 Å². The number of methoxy groups -OCH3 is 1. The maximum absolute atomic E-state index is 11.7. The molecule has 0 aliphatic rings. The number of rotatable bonds is 6. The summed E-state index contributed by atoms with van der Waals surface area (Å²) in [6.07, 6.45) is 0. The number of carbonyl (C=O) groups is 2. The number of carboxylic acids is 1. The van der Waals surface area contributed by atoms with E-state index in [4.69, 9.17) is 9.84 Å². The molecule has 0 radical (unpaired) electrons. The van der Waals surface area contributed by atoms with Gasteiger partial charge in [-0.2, -0.15) is 0 Å². The average molecular weight is 232 g/mol. The molecule has 0 aliphatic heterocycles. The summed E-state index contributed by atoms with van der Waals surface area (Å²) in [4.78, 5) is 23.8. The standard InChI is InChI=1S/C10H20N2O4/c1-5-12(7(2)6-16-4)10(15)11-8(3)9(13)14/h7-8H,5-6H2,1-4H3,(H,11,15)(H,13,14)/t7?,8-/m1/s1. The molecule has 0 saturated carbocycles. The quantitative estimate of drug-likeness (QED) is 0.700. The summed E-state index contributed by atoms with van der Waals surface area (Å²) in [6, 6.07) is -1.37. The van der Waals surface area contributed by atoms with Crippen molar-refractivity contribution in [3.63, 3.8) is 0 Å². The second kappa shape index (κ2) is 7.05. The van der Waals surface area contributed by atoms with Gasteiger partial charge in [-0.25, -0.2) is 4.79 Å². The van der Waals surface area contributed by atoms with Crippen LogP contribution in [0.5, 0.6) is 0 Å². The van der Waals surface area contributed by atoms with Gasteiger partial charge >= 0.3 is 12.0 Å². The molecule has 0 spiro atoms. The van der Waals surface area contributed by atoms with Crippen LogP contribution in [0, 0.1) is 0 Å². The Morgan fingerprint density at radius 1 is 1.44 bits per heavy atom. The van der Waals surface area contributed by atoms with Crippen LogP contribution in [-0.2, 0) is 9.53 Å². The fraction of sp³-hybridized carbons (Fsp3) is 0.800. The number of urea groups is 1. The third-order valence-corrected chi connectivity index (χ3v) is 2.25. The number of likely N-dealkylation sites (N-methyl/N-ethyl adjacent to an activating group) is 1. The summed E-state index contributed by atoms with van der Waals surface area (Å²) >= 11 is 0. The molecule has 0 saturated heterocycles. The number of carbonyl (C=O) groups excluding carboxylic acids is 1. The van der Waals surface area contributed by atoms with Crippen molar-refractivity contribution in [2.24, 2.45) is 0 Å². The summed E-state index contributed by atoms with van der Waals surface area (Å²) in [5, 5.41) is 11.1. The van der Waals surface area contributed by atoms with Gasteiger partial charge in [0.2, 0.25) is 0 Å². The Balaban J connectivity index is 4.36. The zero-order valence-corrected chi connectivity index (χ0v) is 10.2. The van der Waals surface area contributed by atoms with Gasteiger partial charge in [0.25, 0.3) is 0 Å². The van der Waals surface area contributed by atoms with E-state index < -0.39 is 12.0 Å². The van der Waals surface area contributed by atoms with Gasteiger partial charge in [-0.05, 0) is 20.8 Å². The molecule has 0 fully saturated rings. The minimum atomic E-state index is -1.05. The van der Waals surface area contributed by atoms with Gasteiger partial charge in [0, 0.05) is 13.7 Å². The number of hydrogen-bond acceptors (Lipinski definition) is 3. The molecule has 2 N–H and O–H groups in total. The fourth-order valence-electron chi connectivity index (χ4n) is 1.32. The minimum Gasteiger partial charge on any atom is -0.480 e. The van der Waals surface area contributed by atoms with Crippen molar-refractivity contribution in [2.45, 2.75) is 32.9 Å². The van der Waals surface area contributed by atoms with E-state index in [0.29, 0.717) is 13.2 Å². The molecule has 0 aromatic rings. The van der Waals surface area contributed by atoms with Gasteiger partial charge in [-0.1, -0.05) is 0 Å². The topological polar surface area (TPSA) is 78.9 Å². The predicted octanol–water partition coefficient (Wildman–Crippen LogP) is 0.526. The summed E-state index contributed by atoms with van der Waals surface area (Å²) < 4.78 is 4.95. The van der Waals surface area contributed by atoms with Gasteiger partial charge in [0.15, 0.2) is 0 Å². The van der Waals surface area contributed by atoms with Crippen molar-refractivity contribution in [3.05, 3.63) is 0 Å². The van der Waals surface area contributed by atoms with E-state index in [2.05, 4.69) is 5.32 Å². The molecule has 0 aromatic heterocycles. The second-order valence-electron chi connectivity index (χ2n) is 3.60. The van der Waals surface area contributed by atoms with Crippen LogP contribution >= 0.6 is 0 Å². The smallest absolute Gasteiger partial charge is 0.325 e. The molecule has 6 nitrogen and oxygen atoms in total. The summed E-state index contributed by atoms with van der Waals surface area (Å²) in [7, 11) is 1.56. The fourth-order valence-corrected chi connectivity index (χ4v) is 1.32. The van der Waals surface area contributed by atoms with Gasteiger partial charge < -0.3 is 20.1 Å². The number of nitrogens with zero attached hydrogens (tertiary/aromatic N) is 1. The highest BCUT2D eigenvalue weighted by Gasteiger charge is 2.21. The lowest BCUT2D eigenvalue weighted by Gasteiger charge is -2.28. The van der Waals surface area contributed by atoms with Gasteiger partial charge in [-0.15, -0.1) is 0 Å². The molecule has 0 heterocycles. The van der Waals surface area contributed by atoms with Crippen LogP contribution in [0.15, 0.2) is 0 Å². The van der Waals surface area contributed by atoms with Gasteiger partial charge in [0.1, 0.15) is 6.04 Å². The largest absolute Gasteiger partial charge is 0.480 e. The first-order valence-electron chi connectivity index (χ1n) is 5.22. The molecule has 2 amide bonds. The maximum atomic E-state index is 11.7. The van der Waals surface area contributed by atoms with Crippen LogP contribution in [0.3, 0.4) is 0 Å². The first-order chi connectivity index (χ1) is 7.43. The van der Waals surface area contributed by atoms with Crippen LogP contribution in [0.4, 0.5) is 4.79 Å². The van der Waals surface area contributed by atoms with Crippen molar-refractivity contribution < 1.29 is 19.4 Å². The number of ether oxygens (including phenoxy) is 1. The Bertz CT molecular complexity index is 245. The Labute approximate surface area is 95.6 Å². The van der Waals surface area contributed by atoms with Gasteiger partial charge in [-0.3, -0.25) is 4.79 Å². The van der Waals surface area contributed by atoms with E-state index in [1.54, 1.807) is 7.11 Å². The lowest BCUT2D eigenvalue weighted by atomic mass is 10.3. The van der Waals surface area contributed by atoms with E-state index in [9.17, 15) is 9.59 Å². The Hall–Kier alpha value is -1.30. The highest BCUT2D eigenvalue weighted by molar-refractivity contribution is 5.82. The number of carboxylic acid groups (broad SMARTS) is 1. The molecule has 0 rings (SSSR count). The molecular formula is C10H20N2O4. The molecule has 0 aliphatic carbocycles. The average Bonchev–Trinajstić information content (AvgIpc) is 2.18. The van der Waals surface area contributed by atoms with E-state index in [0.717, 1.165) is 0 Å². The molecule has 0 aromatic carbocycles. The zero-order valence-electron chi connectivity index (χ0n) is 10.2. The monoisotopic (exact) mass is 232 g/mol. The Morgan fingerprint density at radius 2 is 2.00 bits per heavy atom. The van der Waals surface area contributed by atoms with Crippen LogP contribution < -0.4 is 5.32 Å². The lowest BCUT2D eigenvalue weighted by Crippen LogP contribution is -2.50. The normalized spacial score (nSPS) is 14.0. The molecule has 0 bridgehead atoms. The second-order valence-corrected chi connectivity index (χ2v) is 3.60. The van der Waals surface area contributed by atoms with Crippen molar-refractivity contribution in [3.8, 4) is 0 Å². The molecule has 1 unspecified atom stereocenters. The van der Waals surface area contributed by atoms with Gasteiger partial charge in [0.05, 0.1) is 12.6 Å². The number of nitrogens with one attached hydrogen (secondary N) is 1. The van der Waals surface area contributed by atoms with E-state index in [1.165, 1.54) is 11.8 Å². The number of hydrogen-bond donors (Lipinski definition) is 2. The van der Waals surface area contributed by atoms with E-state index in [1.807, 2.05) is 13.8 Å². The number of amides is 2. The molecule has 6 heteroatoms. The Kier molecular flexibility index (Phi) is 6.48. The lowest BCUT2D eigenvalue weighted by molar-refractivity contribution is -0.138. The van der Waals surface area contributed by atoms with Crippen LogP contribution in [0.2, 0.25) is 0 Å². The molecule has 94 valence electrons.